The molecule has 0 amide bonds. The Labute approximate surface area is 139 Å². The molecule has 23 heavy (non-hydrogen) atoms. The summed E-state index contributed by atoms with van der Waals surface area (Å²) in [7, 11) is 0. The van der Waals surface area contributed by atoms with E-state index in [0.717, 1.165) is 18.5 Å². The molecule has 0 saturated carbocycles. The van der Waals surface area contributed by atoms with E-state index in [1.165, 1.54) is 44.2 Å². The number of ether oxygens (including phenoxy) is 1. The van der Waals surface area contributed by atoms with Gasteiger partial charge in [-0.05, 0) is 37.6 Å². The maximum atomic E-state index is 13.1. The van der Waals surface area contributed by atoms with Gasteiger partial charge in [0.05, 0.1) is 13.0 Å². The number of nitrogens with one attached hydrogen (secondary N) is 1. The SMILES string of the molecule is CCCCCCCCNC(CC(=O)OCC)c1ccc(F)cc1. The number of hydrogen-bond acceptors (Lipinski definition) is 3. The molecule has 1 aromatic rings. The summed E-state index contributed by atoms with van der Waals surface area (Å²) in [6.45, 7) is 5.25. The Hall–Kier alpha value is -1.42. The van der Waals surface area contributed by atoms with E-state index >= 15 is 0 Å². The second-order valence-corrected chi connectivity index (χ2v) is 5.84. The third-order valence-corrected chi connectivity index (χ3v) is 3.87. The number of unbranched alkanes of at least 4 members (excludes halogenated alkanes) is 5. The lowest BCUT2D eigenvalue weighted by atomic mass is 10.0. The van der Waals surface area contributed by atoms with Gasteiger partial charge < -0.3 is 10.1 Å². The Morgan fingerprint density at radius 2 is 1.74 bits per heavy atom. The number of carbonyl (C=O) groups is 1. The maximum Gasteiger partial charge on any atom is 0.307 e. The van der Waals surface area contributed by atoms with Crippen molar-refractivity contribution in [3.63, 3.8) is 0 Å². The fourth-order valence-corrected chi connectivity index (χ4v) is 2.57. The number of esters is 1. The molecule has 0 aromatic heterocycles. The van der Waals surface area contributed by atoms with Gasteiger partial charge in [-0.1, -0.05) is 51.2 Å². The highest BCUT2D eigenvalue weighted by molar-refractivity contribution is 5.70. The minimum Gasteiger partial charge on any atom is -0.466 e. The van der Waals surface area contributed by atoms with Crippen LogP contribution < -0.4 is 5.32 Å². The summed E-state index contributed by atoms with van der Waals surface area (Å²) in [6.07, 6.45) is 7.66. The molecule has 1 N–H and O–H groups in total. The van der Waals surface area contributed by atoms with Crippen molar-refractivity contribution in [3.8, 4) is 0 Å². The number of hydrogen-bond donors (Lipinski definition) is 1. The Morgan fingerprint density at radius 1 is 1.09 bits per heavy atom. The van der Waals surface area contributed by atoms with Gasteiger partial charge in [0.1, 0.15) is 5.82 Å². The Bertz CT molecular complexity index is 434. The molecule has 1 aromatic carbocycles. The van der Waals surface area contributed by atoms with Crippen LogP contribution in [0.1, 0.15) is 70.4 Å². The van der Waals surface area contributed by atoms with Gasteiger partial charge in [0.25, 0.3) is 0 Å². The molecular formula is C19H30FNO2. The number of benzene rings is 1. The van der Waals surface area contributed by atoms with Crippen molar-refractivity contribution in [1.29, 1.82) is 0 Å². The van der Waals surface area contributed by atoms with Gasteiger partial charge in [-0.2, -0.15) is 0 Å². The van der Waals surface area contributed by atoms with Crippen LogP contribution in [0, 0.1) is 5.82 Å². The highest BCUT2D eigenvalue weighted by atomic mass is 19.1. The van der Waals surface area contributed by atoms with Crippen molar-refractivity contribution in [2.75, 3.05) is 13.2 Å². The highest BCUT2D eigenvalue weighted by Gasteiger charge is 2.16. The molecule has 0 aliphatic heterocycles. The van der Waals surface area contributed by atoms with E-state index in [4.69, 9.17) is 4.74 Å². The van der Waals surface area contributed by atoms with Crippen LogP contribution in [0.3, 0.4) is 0 Å². The van der Waals surface area contributed by atoms with Crippen LogP contribution in [0.15, 0.2) is 24.3 Å². The summed E-state index contributed by atoms with van der Waals surface area (Å²) in [5.74, 6) is -0.489. The van der Waals surface area contributed by atoms with E-state index in [2.05, 4.69) is 12.2 Å². The molecular weight excluding hydrogens is 293 g/mol. The zero-order valence-electron chi connectivity index (χ0n) is 14.4. The van der Waals surface area contributed by atoms with Crippen molar-refractivity contribution in [2.45, 2.75) is 64.8 Å². The van der Waals surface area contributed by atoms with Gasteiger partial charge in [0.15, 0.2) is 0 Å². The molecule has 0 radical (unpaired) electrons. The second kappa shape index (κ2) is 12.1. The topological polar surface area (TPSA) is 38.3 Å². The lowest BCUT2D eigenvalue weighted by molar-refractivity contribution is -0.143. The van der Waals surface area contributed by atoms with E-state index < -0.39 is 0 Å². The molecule has 1 atom stereocenters. The predicted molar refractivity (Wildman–Crippen MR) is 91.8 cm³/mol. The van der Waals surface area contributed by atoms with Crippen LogP contribution in [-0.2, 0) is 9.53 Å². The van der Waals surface area contributed by atoms with Crippen LogP contribution in [-0.4, -0.2) is 19.1 Å². The van der Waals surface area contributed by atoms with Gasteiger partial charge in [-0.25, -0.2) is 4.39 Å². The minimum atomic E-state index is -0.264. The van der Waals surface area contributed by atoms with Crippen LogP contribution in [0.25, 0.3) is 0 Å². The average Bonchev–Trinajstić information content (AvgIpc) is 2.54. The standard InChI is InChI=1S/C19H30FNO2/c1-3-5-6-7-8-9-14-21-18(15-19(22)23-4-2)16-10-12-17(20)13-11-16/h10-13,18,21H,3-9,14-15H2,1-2H3. The van der Waals surface area contributed by atoms with E-state index in [1.807, 2.05) is 0 Å². The molecule has 0 aliphatic carbocycles. The molecule has 0 fully saturated rings. The van der Waals surface area contributed by atoms with Crippen molar-refractivity contribution in [3.05, 3.63) is 35.6 Å². The molecule has 3 nitrogen and oxygen atoms in total. The zero-order valence-corrected chi connectivity index (χ0v) is 14.4. The van der Waals surface area contributed by atoms with E-state index in [1.54, 1.807) is 19.1 Å². The second-order valence-electron chi connectivity index (χ2n) is 5.84. The first-order chi connectivity index (χ1) is 11.2. The van der Waals surface area contributed by atoms with Crippen LogP contribution in [0.4, 0.5) is 4.39 Å². The molecule has 130 valence electrons. The average molecular weight is 323 g/mol. The van der Waals surface area contributed by atoms with Gasteiger partial charge in [-0.15, -0.1) is 0 Å². The zero-order chi connectivity index (χ0) is 16.9. The number of halogens is 1. The minimum absolute atomic E-state index is 0.120. The summed E-state index contributed by atoms with van der Waals surface area (Å²) >= 11 is 0. The monoisotopic (exact) mass is 323 g/mol. The first-order valence-corrected chi connectivity index (χ1v) is 8.81. The van der Waals surface area contributed by atoms with Crippen molar-refractivity contribution in [1.82, 2.24) is 5.32 Å². The smallest absolute Gasteiger partial charge is 0.307 e. The summed E-state index contributed by atoms with van der Waals surface area (Å²) in [5.41, 5.74) is 0.922. The Morgan fingerprint density at radius 3 is 2.39 bits per heavy atom. The number of rotatable bonds is 12. The summed E-state index contributed by atoms with van der Waals surface area (Å²) in [5, 5.41) is 3.41. The van der Waals surface area contributed by atoms with Crippen LogP contribution in [0.2, 0.25) is 0 Å². The Balaban J connectivity index is 2.44. The van der Waals surface area contributed by atoms with Gasteiger partial charge >= 0.3 is 5.97 Å². The molecule has 0 heterocycles. The van der Waals surface area contributed by atoms with Crippen LogP contribution in [0.5, 0.6) is 0 Å². The van der Waals surface area contributed by atoms with Gasteiger partial charge in [0.2, 0.25) is 0 Å². The molecule has 0 saturated heterocycles. The third kappa shape index (κ3) is 8.70. The fraction of sp³-hybridized carbons (Fsp3) is 0.632. The molecule has 0 spiro atoms. The normalized spacial score (nSPS) is 12.1. The number of carbonyl (C=O) groups excluding carboxylic acids is 1. The quantitative estimate of drug-likeness (QED) is 0.445. The predicted octanol–water partition coefficient (Wildman–Crippen LogP) is 4.77. The lowest BCUT2D eigenvalue weighted by Gasteiger charge is -2.18. The molecule has 0 aliphatic rings. The summed E-state index contributed by atoms with van der Waals surface area (Å²) in [6, 6.07) is 6.20. The first-order valence-electron chi connectivity index (χ1n) is 8.81. The van der Waals surface area contributed by atoms with E-state index in [-0.39, 0.29) is 24.2 Å². The molecule has 0 bridgehead atoms. The van der Waals surface area contributed by atoms with Crippen molar-refractivity contribution in [2.24, 2.45) is 0 Å². The van der Waals surface area contributed by atoms with Gasteiger partial charge in [0, 0.05) is 6.04 Å². The largest absolute Gasteiger partial charge is 0.466 e. The Kier molecular flexibility index (Phi) is 10.3. The highest BCUT2D eigenvalue weighted by Crippen LogP contribution is 2.18. The van der Waals surface area contributed by atoms with Gasteiger partial charge in [-0.3, -0.25) is 4.79 Å². The summed E-state index contributed by atoms with van der Waals surface area (Å²) in [4.78, 5) is 11.8. The van der Waals surface area contributed by atoms with E-state index in [9.17, 15) is 9.18 Å². The van der Waals surface area contributed by atoms with E-state index in [0.29, 0.717) is 6.61 Å². The first kappa shape index (κ1) is 19.6. The molecule has 1 rings (SSSR count). The molecule has 4 heteroatoms. The van der Waals surface area contributed by atoms with Crippen LogP contribution >= 0.6 is 0 Å². The lowest BCUT2D eigenvalue weighted by Crippen LogP contribution is -2.25. The summed E-state index contributed by atoms with van der Waals surface area (Å²) < 4.78 is 18.1. The third-order valence-electron chi connectivity index (χ3n) is 3.87. The van der Waals surface area contributed by atoms with Crippen molar-refractivity contribution < 1.29 is 13.9 Å². The molecule has 1 unspecified atom stereocenters. The maximum absolute atomic E-state index is 13.1. The van der Waals surface area contributed by atoms with Crippen molar-refractivity contribution >= 4 is 5.97 Å². The fourth-order valence-electron chi connectivity index (χ4n) is 2.57.